The van der Waals surface area contributed by atoms with Gasteiger partial charge in [-0.15, -0.1) is 0 Å². The van der Waals surface area contributed by atoms with Crippen molar-refractivity contribution >= 4 is 23.2 Å². The Morgan fingerprint density at radius 1 is 1.24 bits per heavy atom. The summed E-state index contributed by atoms with van der Waals surface area (Å²) in [5.41, 5.74) is 9.28. The van der Waals surface area contributed by atoms with Crippen molar-refractivity contribution in [1.29, 1.82) is 0 Å². The summed E-state index contributed by atoms with van der Waals surface area (Å²) < 4.78 is 13.4. The van der Waals surface area contributed by atoms with Gasteiger partial charge in [-0.1, -0.05) is 12.1 Å². The largest absolute Gasteiger partial charge is 0.399 e. The molecule has 0 bridgehead atoms. The summed E-state index contributed by atoms with van der Waals surface area (Å²) in [5, 5.41) is 6.40. The van der Waals surface area contributed by atoms with E-state index < -0.39 is 5.82 Å². The predicted molar refractivity (Wildman–Crippen MR) is 110 cm³/mol. The monoisotopic (exact) mass is 396 g/mol. The van der Waals surface area contributed by atoms with Gasteiger partial charge in [-0.05, 0) is 55.2 Å². The number of nitrogens with zero attached hydrogens (tertiary/aromatic N) is 1. The van der Waals surface area contributed by atoms with Crippen LogP contribution in [0.15, 0.2) is 36.4 Å². The van der Waals surface area contributed by atoms with Gasteiger partial charge in [0, 0.05) is 48.5 Å². The number of nitrogens with two attached hydrogens (primary N) is 1. The van der Waals surface area contributed by atoms with Gasteiger partial charge in [0.15, 0.2) is 5.78 Å². The second kappa shape index (κ2) is 7.39. The summed E-state index contributed by atoms with van der Waals surface area (Å²) in [7, 11) is 0. The van der Waals surface area contributed by atoms with Crippen LogP contribution in [0.5, 0.6) is 0 Å². The first-order valence-corrected chi connectivity index (χ1v) is 9.84. The summed E-state index contributed by atoms with van der Waals surface area (Å²) in [6.07, 6.45) is 1.66. The van der Waals surface area contributed by atoms with Crippen molar-refractivity contribution < 1.29 is 14.0 Å². The maximum absolute atomic E-state index is 13.4. The van der Waals surface area contributed by atoms with E-state index in [2.05, 4.69) is 10.6 Å². The molecule has 2 heterocycles. The molecule has 7 heteroatoms. The number of hydrogen-bond donors (Lipinski definition) is 3. The molecule has 0 radical (unpaired) electrons. The average Bonchev–Trinajstić information content (AvgIpc) is 2.70. The Morgan fingerprint density at radius 2 is 2.00 bits per heavy atom. The van der Waals surface area contributed by atoms with Crippen LogP contribution >= 0.6 is 0 Å². The zero-order chi connectivity index (χ0) is 20.6. The molecule has 1 fully saturated rings. The van der Waals surface area contributed by atoms with Crippen molar-refractivity contribution in [3.8, 4) is 0 Å². The van der Waals surface area contributed by atoms with Crippen LogP contribution in [0.3, 0.4) is 0 Å². The van der Waals surface area contributed by atoms with Gasteiger partial charge in [0.2, 0.25) is 0 Å². The smallest absolute Gasteiger partial charge is 0.317 e. The van der Waals surface area contributed by atoms with Crippen LogP contribution in [0.4, 0.5) is 20.6 Å². The van der Waals surface area contributed by atoms with Gasteiger partial charge in [0.25, 0.3) is 0 Å². The summed E-state index contributed by atoms with van der Waals surface area (Å²) >= 11 is 0. The molecule has 2 aliphatic heterocycles. The van der Waals surface area contributed by atoms with E-state index in [0.717, 1.165) is 16.8 Å². The molecule has 4 N–H and O–H groups in total. The number of rotatable bonds is 2. The zero-order valence-electron chi connectivity index (χ0n) is 16.4. The molecule has 29 heavy (non-hydrogen) atoms. The molecule has 0 unspecified atom stereocenters. The fourth-order valence-electron chi connectivity index (χ4n) is 4.17. The van der Waals surface area contributed by atoms with Crippen LogP contribution in [0.2, 0.25) is 0 Å². The van der Waals surface area contributed by atoms with Crippen LogP contribution in [-0.2, 0) is 6.54 Å². The number of hydrogen-bond acceptors (Lipinski definition) is 4. The summed E-state index contributed by atoms with van der Waals surface area (Å²) in [6.45, 7) is 3.50. The number of benzene rings is 2. The maximum atomic E-state index is 13.4. The molecule has 152 valence electrons. The third-order valence-electron chi connectivity index (χ3n) is 5.97. The minimum atomic E-state index is -0.405. The number of Topliss-reactive ketones (excluding diaryl/α,β-unsaturated/α-hetero) is 1. The second-order valence-electron chi connectivity index (χ2n) is 8.03. The first kappa shape index (κ1) is 19.2. The standard InChI is InChI=1S/C22H25FN4O2/c1-14-10-15(2-4-18(14)24)13-25-21(29)27-8-6-22(7-9-27)12-20(28)17-11-16(23)3-5-19(17)26-22/h2-5,10-11,26H,6-9,12-13,24H2,1H3,(H,25,29). The van der Waals surface area contributed by atoms with Gasteiger partial charge in [0.1, 0.15) is 5.82 Å². The molecule has 0 saturated carbocycles. The number of urea groups is 1. The molecule has 1 saturated heterocycles. The molecular formula is C22H25FN4O2. The molecule has 6 nitrogen and oxygen atoms in total. The average molecular weight is 396 g/mol. The normalized spacial score (nSPS) is 17.6. The lowest BCUT2D eigenvalue weighted by Crippen LogP contribution is -2.55. The third-order valence-corrected chi connectivity index (χ3v) is 5.97. The number of ketones is 1. The molecule has 0 atom stereocenters. The number of nitrogen functional groups attached to an aromatic ring is 1. The quantitative estimate of drug-likeness (QED) is 0.679. The highest BCUT2D eigenvalue weighted by Crippen LogP contribution is 2.37. The topological polar surface area (TPSA) is 87.5 Å². The lowest BCUT2D eigenvalue weighted by molar-refractivity contribution is 0.0915. The number of likely N-dealkylation sites (tertiary alicyclic amines) is 1. The number of nitrogens with one attached hydrogen (secondary N) is 2. The van der Waals surface area contributed by atoms with Crippen molar-refractivity contribution in [3.63, 3.8) is 0 Å². The summed E-state index contributed by atoms with van der Waals surface area (Å²) in [6, 6.07) is 9.88. The SMILES string of the molecule is Cc1cc(CNC(=O)N2CCC3(CC2)CC(=O)c2cc(F)ccc2N3)ccc1N. The van der Waals surface area contributed by atoms with E-state index in [1.54, 1.807) is 11.0 Å². The molecule has 2 aromatic carbocycles. The number of amides is 2. The van der Waals surface area contributed by atoms with E-state index in [9.17, 15) is 14.0 Å². The first-order valence-electron chi connectivity index (χ1n) is 9.84. The van der Waals surface area contributed by atoms with Crippen LogP contribution < -0.4 is 16.4 Å². The lowest BCUT2D eigenvalue weighted by atomic mass is 9.78. The number of fused-ring (bicyclic) bond motifs is 1. The molecular weight excluding hydrogens is 371 g/mol. The van der Waals surface area contributed by atoms with Crippen molar-refractivity contribution in [2.24, 2.45) is 0 Å². The number of halogens is 1. The molecule has 0 aliphatic carbocycles. The molecule has 2 aliphatic rings. The highest BCUT2D eigenvalue weighted by Gasteiger charge is 2.41. The van der Waals surface area contributed by atoms with Gasteiger partial charge >= 0.3 is 6.03 Å². The third kappa shape index (κ3) is 3.90. The van der Waals surface area contributed by atoms with Gasteiger partial charge in [-0.25, -0.2) is 9.18 Å². The number of carbonyl (C=O) groups is 2. The number of aryl methyl sites for hydroxylation is 1. The van der Waals surface area contributed by atoms with E-state index in [-0.39, 0.29) is 17.4 Å². The van der Waals surface area contributed by atoms with E-state index >= 15 is 0 Å². The Balaban J connectivity index is 1.35. The Kier molecular flexibility index (Phi) is 4.90. The minimum absolute atomic E-state index is 0.0464. The fourth-order valence-corrected chi connectivity index (χ4v) is 4.17. The van der Waals surface area contributed by atoms with Crippen molar-refractivity contribution in [2.75, 3.05) is 24.1 Å². The van der Waals surface area contributed by atoms with Crippen LogP contribution in [0.25, 0.3) is 0 Å². The molecule has 0 aromatic heterocycles. The molecule has 1 spiro atoms. The van der Waals surface area contributed by atoms with Crippen molar-refractivity contribution in [3.05, 3.63) is 58.9 Å². The zero-order valence-corrected chi connectivity index (χ0v) is 16.4. The first-order chi connectivity index (χ1) is 13.8. The van der Waals surface area contributed by atoms with Crippen LogP contribution in [0.1, 0.15) is 40.7 Å². The lowest BCUT2D eigenvalue weighted by Gasteiger charge is -2.45. The predicted octanol–water partition coefficient (Wildman–Crippen LogP) is 3.46. The Hall–Kier alpha value is -3.09. The highest BCUT2D eigenvalue weighted by atomic mass is 19.1. The molecule has 2 aromatic rings. The second-order valence-corrected chi connectivity index (χ2v) is 8.03. The number of carbonyl (C=O) groups excluding carboxylic acids is 2. The van der Waals surface area contributed by atoms with Gasteiger partial charge in [0.05, 0.1) is 0 Å². The minimum Gasteiger partial charge on any atom is -0.399 e. The maximum Gasteiger partial charge on any atom is 0.317 e. The number of piperidine rings is 1. The van der Waals surface area contributed by atoms with Crippen LogP contribution in [-0.4, -0.2) is 35.3 Å². The van der Waals surface area contributed by atoms with Gasteiger partial charge in [-0.3, -0.25) is 4.79 Å². The van der Waals surface area contributed by atoms with E-state index in [4.69, 9.17) is 5.73 Å². The van der Waals surface area contributed by atoms with E-state index in [1.807, 2.05) is 25.1 Å². The summed E-state index contributed by atoms with van der Waals surface area (Å²) in [5.74, 6) is -0.451. The van der Waals surface area contributed by atoms with E-state index in [0.29, 0.717) is 50.1 Å². The highest BCUT2D eigenvalue weighted by molar-refractivity contribution is 6.04. The molecule has 4 rings (SSSR count). The number of anilines is 2. The van der Waals surface area contributed by atoms with Crippen molar-refractivity contribution in [2.45, 2.75) is 38.3 Å². The summed E-state index contributed by atoms with van der Waals surface area (Å²) in [4.78, 5) is 26.9. The Bertz CT molecular complexity index is 967. The van der Waals surface area contributed by atoms with Crippen molar-refractivity contribution in [1.82, 2.24) is 10.2 Å². The van der Waals surface area contributed by atoms with Gasteiger partial charge in [-0.2, -0.15) is 0 Å². The molecule has 2 amide bonds. The Labute approximate surface area is 169 Å². The Morgan fingerprint density at radius 3 is 2.72 bits per heavy atom. The van der Waals surface area contributed by atoms with Crippen LogP contribution in [0, 0.1) is 12.7 Å². The van der Waals surface area contributed by atoms with E-state index in [1.165, 1.54) is 12.1 Å². The van der Waals surface area contributed by atoms with Gasteiger partial charge < -0.3 is 21.3 Å². The fraction of sp³-hybridized carbons (Fsp3) is 0.364.